The van der Waals surface area contributed by atoms with Crippen LogP contribution in [0.2, 0.25) is 0 Å². The molecule has 5 heteroatoms. The van der Waals surface area contributed by atoms with Crippen LogP contribution in [0, 0.1) is 0 Å². The Morgan fingerprint density at radius 2 is 1.93 bits per heavy atom. The summed E-state index contributed by atoms with van der Waals surface area (Å²) in [6, 6.07) is 12.8. The smallest absolute Gasteiger partial charge is 0.161 e. The molecule has 1 heterocycles. The number of benzene rings is 2. The molecule has 29 heavy (non-hydrogen) atoms. The van der Waals surface area contributed by atoms with Crippen LogP contribution in [0.4, 0.5) is 0 Å². The molecule has 1 aliphatic heterocycles. The topological polar surface area (TPSA) is 43.0 Å². The van der Waals surface area contributed by atoms with E-state index in [0.29, 0.717) is 6.61 Å². The van der Waals surface area contributed by atoms with Crippen LogP contribution in [0.1, 0.15) is 42.5 Å². The summed E-state index contributed by atoms with van der Waals surface area (Å²) >= 11 is 0. The van der Waals surface area contributed by atoms with E-state index < -0.39 is 0 Å². The van der Waals surface area contributed by atoms with Gasteiger partial charge < -0.3 is 24.4 Å². The summed E-state index contributed by atoms with van der Waals surface area (Å²) in [5, 5.41) is 3.66. The lowest BCUT2D eigenvalue weighted by Crippen LogP contribution is -2.30. The molecule has 0 aliphatic carbocycles. The molecule has 1 aliphatic rings. The number of unbranched alkanes of at least 4 members (excludes halogenated alkanes) is 1. The zero-order valence-corrected chi connectivity index (χ0v) is 18.2. The van der Waals surface area contributed by atoms with E-state index in [9.17, 15) is 0 Å². The van der Waals surface area contributed by atoms with Crippen LogP contribution >= 0.6 is 0 Å². The van der Waals surface area contributed by atoms with Crippen LogP contribution in [-0.4, -0.2) is 52.4 Å². The summed E-state index contributed by atoms with van der Waals surface area (Å²) in [7, 11) is 5.79. The molecule has 158 valence electrons. The number of fused-ring (bicyclic) bond motifs is 1. The van der Waals surface area contributed by atoms with Crippen LogP contribution in [0.5, 0.6) is 17.2 Å². The van der Waals surface area contributed by atoms with Crippen LogP contribution in [0.15, 0.2) is 36.4 Å². The molecule has 0 spiro atoms. The second-order valence-corrected chi connectivity index (χ2v) is 7.77. The molecule has 0 fully saturated rings. The number of nitrogens with zero attached hydrogens (tertiary/aromatic N) is 1. The molecular formula is C24H34N2O3. The fourth-order valence-corrected chi connectivity index (χ4v) is 3.59. The number of hydrogen-bond acceptors (Lipinski definition) is 5. The quantitative estimate of drug-likeness (QED) is 0.612. The first-order valence-corrected chi connectivity index (χ1v) is 10.6. The Hall–Kier alpha value is -2.24. The van der Waals surface area contributed by atoms with E-state index in [0.717, 1.165) is 56.2 Å². The van der Waals surface area contributed by atoms with Gasteiger partial charge in [0.25, 0.3) is 0 Å². The zero-order chi connectivity index (χ0) is 20.6. The maximum atomic E-state index is 6.06. The maximum absolute atomic E-state index is 6.06. The second kappa shape index (κ2) is 10.5. The van der Waals surface area contributed by atoms with Crippen molar-refractivity contribution in [1.82, 2.24) is 10.2 Å². The van der Waals surface area contributed by atoms with Gasteiger partial charge in [0.05, 0.1) is 19.8 Å². The Morgan fingerprint density at radius 3 is 2.69 bits per heavy atom. The van der Waals surface area contributed by atoms with Gasteiger partial charge in [-0.25, -0.2) is 0 Å². The number of rotatable bonds is 10. The van der Waals surface area contributed by atoms with Crippen molar-refractivity contribution < 1.29 is 14.2 Å². The standard InChI is InChI=1S/C24H34N2O3/c1-5-6-13-28-20-9-7-8-19(15-20)24-21-17-23(29-14-12-26(2)3)22(27-4)16-18(21)10-11-25-24/h7-9,15-17,24-25H,5-6,10-14H2,1-4H3. The van der Waals surface area contributed by atoms with Crippen molar-refractivity contribution in [2.24, 2.45) is 0 Å². The normalized spacial score (nSPS) is 15.8. The lowest BCUT2D eigenvalue weighted by Gasteiger charge is -2.29. The molecule has 0 amide bonds. The fraction of sp³-hybridized carbons (Fsp3) is 0.500. The first-order valence-electron chi connectivity index (χ1n) is 10.6. The molecule has 3 rings (SSSR count). The third kappa shape index (κ3) is 5.64. The summed E-state index contributed by atoms with van der Waals surface area (Å²) in [4.78, 5) is 2.11. The molecule has 1 N–H and O–H groups in total. The lowest BCUT2D eigenvalue weighted by molar-refractivity contribution is 0.250. The first kappa shape index (κ1) is 21.5. The molecule has 0 aromatic heterocycles. The van der Waals surface area contributed by atoms with Gasteiger partial charge in [0.1, 0.15) is 12.4 Å². The van der Waals surface area contributed by atoms with Crippen molar-refractivity contribution in [2.45, 2.75) is 32.2 Å². The Balaban J connectivity index is 1.86. The molecule has 1 unspecified atom stereocenters. The molecule has 1 atom stereocenters. The minimum atomic E-state index is 0.121. The van der Waals surface area contributed by atoms with Crippen molar-refractivity contribution in [3.8, 4) is 17.2 Å². The van der Waals surface area contributed by atoms with Crippen LogP contribution < -0.4 is 19.5 Å². The highest BCUT2D eigenvalue weighted by Gasteiger charge is 2.24. The first-order chi connectivity index (χ1) is 14.1. The Kier molecular flexibility index (Phi) is 7.78. The zero-order valence-electron chi connectivity index (χ0n) is 18.2. The number of ether oxygens (including phenoxy) is 3. The fourth-order valence-electron chi connectivity index (χ4n) is 3.59. The van der Waals surface area contributed by atoms with Crippen molar-refractivity contribution in [1.29, 1.82) is 0 Å². The summed E-state index contributed by atoms with van der Waals surface area (Å²) < 4.78 is 17.6. The molecule has 0 bridgehead atoms. The number of methoxy groups -OCH3 is 1. The van der Waals surface area contributed by atoms with Gasteiger partial charge in [-0.05, 0) is 67.9 Å². The van der Waals surface area contributed by atoms with Gasteiger partial charge in [-0.1, -0.05) is 25.5 Å². The average molecular weight is 399 g/mol. The van der Waals surface area contributed by atoms with Gasteiger partial charge in [-0.2, -0.15) is 0 Å². The Labute approximate surface area is 175 Å². The van der Waals surface area contributed by atoms with Crippen molar-refractivity contribution in [2.75, 3.05) is 47.5 Å². The largest absolute Gasteiger partial charge is 0.494 e. The second-order valence-electron chi connectivity index (χ2n) is 7.77. The minimum absolute atomic E-state index is 0.121. The molecule has 2 aromatic rings. The number of likely N-dealkylation sites (N-methyl/N-ethyl adjacent to an activating group) is 1. The SMILES string of the molecule is CCCCOc1cccc(C2NCCc3cc(OC)c(OCCN(C)C)cc32)c1. The van der Waals surface area contributed by atoms with Gasteiger partial charge in [-0.3, -0.25) is 0 Å². The van der Waals surface area contributed by atoms with Gasteiger partial charge in [-0.15, -0.1) is 0 Å². The van der Waals surface area contributed by atoms with Gasteiger partial charge in [0, 0.05) is 13.1 Å². The number of hydrogen-bond donors (Lipinski definition) is 1. The molecule has 0 radical (unpaired) electrons. The monoisotopic (exact) mass is 398 g/mol. The van der Waals surface area contributed by atoms with E-state index >= 15 is 0 Å². The van der Waals surface area contributed by atoms with E-state index in [1.807, 2.05) is 20.2 Å². The van der Waals surface area contributed by atoms with E-state index in [1.165, 1.54) is 16.7 Å². The highest BCUT2D eigenvalue weighted by molar-refractivity contribution is 5.52. The Bertz CT molecular complexity index is 792. The highest BCUT2D eigenvalue weighted by Crippen LogP contribution is 2.38. The summed E-state index contributed by atoms with van der Waals surface area (Å²) in [6.07, 6.45) is 3.19. The van der Waals surface area contributed by atoms with Crippen LogP contribution in [0.3, 0.4) is 0 Å². The van der Waals surface area contributed by atoms with Gasteiger partial charge in [0.2, 0.25) is 0 Å². The molecule has 0 saturated heterocycles. The third-order valence-corrected chi connectivity index (χ3v) is 5.23. The predicted molar refractivity (Wildman–Crippen MR) is 117 cm³/mol. The predicted octanol–water partition coefficient (Wildman–Crippen LogP) is 4.05. The maximum Gasteiger partial charge on any atom is 0.161 e. The Morgan fingerprint density at radius 1 is 1.07 bits per heavy atom. The van der Waals surface area contributed by atoms with Gasteiger partial charge >= 0.3 is 0 Å². The van der Waals surface area contributed by atoms with Crippen molar-refractivity contribution >= 4 is 0 Å². The summed E-state index contributed by atoms with van der Waals surface area (Å²) in [6.45, 7) is 5.35. The molecule has 2 aromatic carbocycles. The van der Waals surface area contributed by atoms with E-state index in [1.54, 1.807) is 7.11 Å². The van der Waals surface area contributed by atoms with Crippen molar-refractivity contribution in [3.05, 3.63) is 53.1 Å². The summed E-state index contributed by atoms with van der Waals surface area (Å²) in [5.41, 5.74) is 3.77. The highest BCUT2D eigenvalue weighted by atomic mass is 16.5. The van der Waals surface area contributed by atoms with E-state index in [-0.39, 0.29) is 6.04 Å². The summed E-state index contributed by atoms with van der Waals surface area (Å²) in [5.74, 6) is 2.54. The molecular weight excluding hydrogens is 364 g/mol. The van der Waals surface area contributed by atoms with Crippen LogP contribution in [0.25, 0.3) is 0 Å². The lowest BCUT2D eigenvalue weighted by atomic mass is 9.89. The van der Waals surface area contributed by atoms with E-state index in [4.69, 9.17) is 14.2 Å². The van der Waals surface area contributed by atoms with E-state index in [2.05, 4.69) is 47.5 Å². The molecule has 5 nitrogen and oxygen atoms in total. The average Bonchev–Trinajstić information content (AvgIpc) is 2.73. The van der Waals surface area contributed by atoms with Crippen molar-refractivity contribution in [3.63, 3.8) is 0 Å². The van der Waals surface area contributed by atoms with Gasteiger partial charge in [0.15, 0.2) is 11.5 Å². The van der Waals surface area contributed by atoms with Crippen LogP contribution in [-0.2, 0) is 6.42 Å². The minimum Gasteiger partial charge on any atom is -0.494 e. The third-order valence-electron chi connectivity index (χ3n) is 5.23. The number of nitrogens with one attached hydrogen (secondary N) is 1. The molecule has 0 saturated carbocycles.